The Bertz CT molecular complexity index is 4180. The summed E-state index contributed by atoms with van der Waals surface area (Å²) in [5, 5.41) is 2.23. The second-order valence-corrected chi connectivity index (χ2v) is 25.5. The number of fused-ring (bicyclic) bond motifs is 4. The van der Waals surface area contributed by atoms with Gasteiger partial charge in [-0.15, -0.1) is 0 Å². The third-order valence-electron chi connectivity index (χ3n) is 17.8. The maximum atomic E-state index is 6.91. The van der Waals surface area contributed by atoms with Gasteiger partial charge in [-0.3, -0.25) is 0 Å². The summed E-state index contributed by atoms with van der Waals surface area (Å²) in [7, 11) is 0. The van der Waals surface area contributed by atoms with Gasteiger partial charge in [-0.05, 0) is 17.0 Å². The summed E-state index contributed by atoms with van der Waals surface area (Å²) in [6, 6.07) is 78.0. The zero-order valence-electron chi connectivity index (χ0n) is 44.6. The van der Waals surface area contributed by atoms with E-state index in [1.54, 1.807) is 0 Å². The van der Waals surface area contributed by atoms with E-state index in [4.69, 9.17) is 9.72 Å². The predicted octanol–water partition coefficient (Wildman–Crippen LogP) is 16.6. The standard InChI is InChI=1S/C70H60N4O.Pt/c1-65(2,3)45-39-40-71-63(41-45)74-59-34-19-12-25-49(59)50-38-37-48(43-62(50)74)75-47-24-22-23-46(42-47)72-44-73(61-36-21-20-35-60(61)72)70-53-28-13-10-26-51(53)64(52-27-11-14-29-54(52)70)68(66(4,5)6)55-30-15-17-32-57(55)69(70,67(7,8)9)58-33-18-16-31-56(58)68;/h10-41,64H,1-9H3;/q-2;. The number of hydrogen-bond donors (Lipinski definition) is 0. The topological polar surface area (TPSA) is 36.9 Å². The number of pyridine rings is 1. The Morgan fingerprint density at radius 2 is 1.05 bits per heavy atom. The molecule has 4 bridgehead atoms. The molecule has 6 heteroatoms. The van der Waals surface area contributed by atoms with Gasteiger partial charge in [0.15, 0.2) is 0 Å². The summed E-state index contributed by atoms with van der Waals surface area (Å²) in [6.07, 6.45) is 1.92. The molecule has 8 aromatic carbocycles. The van der Waals surface area contributed by atoms with Crippen LogP contribution in [0.15, 0.2) is 194 Å². The zero-order chi connectivity index (χ0) is 52.3. The molecule has 17 rings (SSSR count). The molecule has 0 radical (unpaired) electrons. The summed E-state index contributed by atoms with van der Waals surface area (Å²) in [6.45, 7) is 21.7. The molecule has 0 N–H and O–H groups in total. The van der Waals surface area contributed by atoms with Gasteiger partial charge < -0.3 is 0 Å². The number of benzene rings is 8. The van der Waals surface area contributed by atoms with Gasteiger partial charge in [-0.25, -0.2) is 0 Å². The number of imidazole rings is 1. The summed E-state index contributed by atoms with van der Waals surface area (Å²) in [4.78, 5) is 4.93. The van der Waals surface area contributed by atoms with Gasteiger partial charge in [0, 0.05) is 6.20 Å². The summed E-state index contributed by atoms with van der Waals surface area (Å²) in [5.41, 5.74) is 14.9. The molecular weight excluding hydrogens is 1110 g/mol. The van der Waals surface area contributed by atoms with E-state index in [-0.39, 0.29) is 22.2 Å². The molecule has 76 heavy (non-hydrogen) atoms. The molecular formula is C70H60N4OPt-2. The second kappa shape index (κ2) is 16.1. The average molecular weight is 1170 g/mol. The molecule has 6 aliphatic rings. The minimum absolute atomic E-state index is 0.0183. The van der Waals surface area contributed by atoms with Gasteiger partial charge in [0.25, 0.3) is 0 Å². The molecule has 0 unspecified atom stereocenters. The van der Waals surface area contributed by atoms with Gasteiger partial charge in [0.05, 0.1) is 0 Å². The van der Waals surface area contributed by atoms with E-state index in [0.29, 0.717) is 11.5 Å². The Morgan fingerprint density at radius 1 is 0.500 bits per heavy atom. The third-order valence-corrected chi connectivity index (χ3v) is 18.8. The molecule has 3 aromatic heterocycles. The van der Waals surface area contributed by atoms with E-state index in [9.17, 15) is 0 Å². The number of ether oxygens (including phenoxy) is 1. The summed E-state index contributed by atoms with van der Waals surface area (Å²) < 4.78 is 15.3. The van der Waals surface area contributed by atoms with Gasteiger partial charge in [-0.1, -0.05) is 32.9 Å². The maximum absolute atomic E-state index is 6.91. The molecule has 5 nitrogen and oxygen atoms in total. The van der Waals surface area contributed by atoms with Crippen molar-refractivity contribution in [1.29, 1.82) is 0 Å². The number of para-hydroxylation sites is 3. The van der Waals surface area contributed by atoms with Crippen LogP contribution in [0.5, 0.6) is 11.5 Å². The fraction of sp³-hybridized carbons (Fsp3) is 0.229. The summed E-state index contributed by atoms with van der Waals surface area (Å²) >= 11 is 2.65. The predicted molar refractivity (Wildman–Crippen MR) is 304 cm³/mol. The van der Waals surface area contributed by atoms with Gasteiger partial charge in [0.1, 0.15) is 0 Å². The normalized spacial score (nSPS) is 20.5. The van der Waals surface area contributed by atoms with Crippen molar-refractivity contribution >= 4 is 32.8 Å². The van der Waals surface area contributed by atoms with Crippen LogP contribution in [0, 0.1) is 26.8 Å². The van der Waals surface area contributed by atoms with Crippen molar-refractivity contribution in [1.82, 2.24) is 18.7 Å². The van der Waals surface area contributed by atoms with Gasteiger partial charge in [0.2, 0.25) is 0 Å². The molecule has 0 saturated carbocycles. The molecule has 378 valence electrons. The molecule has 0 aliphatic heterocycles. The molecule has 0 fully saturated rings. The summed E-state index contributed by atoms with van der Waals surface area (Å²) in [5.74, 6) is 2.08. The van der Waals surface area contributed by atoms with Crippen LogP contribution in [0.2, 0.25) is 0 Å². The van der Waals surface area contributed by atoms with E-state index in [0.717, 1.165) is 48.1 Å². The average Bonchev–Trinajstić information content (AvgIpc) is 3.15. The van der Waals surface area contributed by atoms with Crippen molar-refractivity contribution < 1.29 is 24.1 Å². The number of aromatic nitrogens is 4. The molecule has 0 atom stereocenters. The molecule has 11 aromatic rings. The first-order valence-electron chi connectivity index (χ1n) is 26.7. The van der Waals surface area contributed by atoms with Crippen molar-refractivity contribution in [3.63, 3.8) is 0 Å². The second-order valence-electron chi connectivity index (χ2n) is 24.5. The number of hydrogen-bond acceptors (Lipinski definition) is 2. The Hall–Kier alpha value is -7.33. The Morgan fingerprint density at radius 3 is 1.67 bits per heavy atom. The van der Waals surface area contributed by atoms with Crippen LogP contribution >= 0.6 is 0 Å². The van der Waals surface area contributed by atoms with Crippen LogP contribution in [0.4, 0.5) is 0 Å². The molecule has 0 spiro atoms. The Balaban J connectivity index is 1.03. The van der Waals surface area contributed by atoms with Crippen molar-refractivity contribution in [3.05, 3.63) is 260 Å². The van der Waals surface area contributed by atoms with Crippen molar-refractivity contribution in [3.8, 4) is 23.0 Å². The fourth-order valence-electron chi connectivity index (χ4n) is 15.2. The minimum atomic E-state index is -0.828. The number of rotatable bonds is 5. The quantitative estimate of drug-likeness (QED) is 0.161. The van der Waals surface area contributed by atoms with E-state index < -0.39 is 16.4 Å². The molecule has 0 amide bonds. The van der Waals surface area contributed by atoms with Crippen LogP contribution in [0.3, 0.4) is 0 Å². The number of nitrogens with zero attached hydrogens (tertiary/aromatic N) is 4. The molecule has 6 aliphatic carbocycles. The van der Waals surface area contributed by atoms with E-state index in [1.165, 1.54) is 50.1 Å². The third kappa shape index (κ3) is 5.90. The first-order valence-corrected chi connectivity index (χ1v) is 27.9. The van der Waals surface area contributed by atoms with Gasteiger partial charge >= 0.3 is 404 Å². The Labute approximate surface area is 456 Å². The zero-order valence-corrected chi connectivity index (χ0v) is 46.8. The van der Waals surface area contributed by atoms with Crippen molar-refractivity contribution in [2.75, 3.05) is 0 Å². The van der Waals surface area contributed by atoms with Gasteiger partial charge in [-0.2, -0.15) is 0 Å². The first kappa shape index (κ1) is 47.1. The fourth-order valence-corrected chi connectivity index (χ4v) is 16.4. The van der Waals surface area contributed by atoms with Crippen LogP contribution in [-0.2, 0) is 41.1 Å². The van der Waals surface area contributed by atoms with E-state index in [1.807, 2.05) is 18.3 Å². The van der Waals surface area contributed by atoms with Crippen molar-refractivity contribution in [2.45, 2.75) is 90.0 Å². The van der Waals surface area contributed by atoms with Crippen LogP contribution < -0.4 is 4.74 Å². The molecule has 0 saturated heterocycles. The van der Waals surface area contributed by atoms with Crippen LogP contribution in [-0.4, -0.2) is 18.7 Å². The first-order chi connectivity index (χ1) is 36.5. The van der Waals surface area contributed by atoms with Crippen LogP contribution in [0.25, 0.3) is 44.3 Å². The van der Waals surface area contributed by atoms with E-state index >= 15 is 0 Å². The Kier molecular flexibility index (Phi) is 9.99. The monoisotopic (exact) mass is 1170 g/mol. The van der Waals surface area contributed by atoms with Crippen molar-refractivity contribution in [2.24, 2.45) is 10.8 Å². The SMILES string of the molecule is CC(C)(C)c1ccnc(-n2c3[c-]c(Oc4[c-]c(-n5[c](=[Pt])n(C67c8ccccc8C(c8ccccc86)C6(C(C)(C)C)c8ccccc8C7(C(C)(C)C)c7ccccc76)c6ccccc65)ccc4)ccc3c3ccccc32)c1. The van der Waals surface area contributed by atoms with E-state index in [2.05, 4.69) is 283 Å². The molecule has 3 heterocycles. The van der Waals surface area contributed by atoms with Crippen LogP contribution in [0.1, 0.15) is 118 Å².